The van der Waals surface area contributed by atoms with E-state index in [4.69, 9.17) is 14.6 Å². The lowest BCUT2D eigenvalue weighted by molar-refractivity contribution is -0.139. The second-order valence-electron chi connectivity index (χ2n) is 7.47. The summed E-state index contributed by atoms with van der Waals surface area (Å²) in [5, 5.41) is 23.1. The summed E-state index contributed by atoms with van der Waals surface area (Å²) in [7, 11) is 1.37. The van der Waals surface area contributed by atoms with Crippen LogP contribution in [-0.2, 0) is 19.1 Å². The summed E-state index contributed by atoms with van der Waals surface area (Å²) < 4.78 is 10.4. The number of benzene rings is 2. The first-order valence-corrected chi connectivity index (χ1v) is 10.2. The Bertz CT molecular complexity index is 933. The first-order valence-electron chi connectivity index (χ1n) is 10.2. The van der Waals surface area contributed by atoms with Crippen molar-refractivity contribution in [3.8, 4) is 11.1 Å². The molecule has 1 aliphatic carbocycles. The molecule has 9 heteroatoms. The number of fused-ring (bicyclic) bond motifs is 3. The minimum Gasteiger partial charge on any atom is -0.481 e. The number of carboxylic acid groups (broad SMARTS) is 1. The number of aliphatic carboxylic acids is 1. The summed E-state index contributed by atoms with van der Waals surface area (Å²) in [5.74, 6) is -1.92. The Labute approximate surface area is 185 Å². The van der Waals surface area contributed by atoms with Crippen molar-refractivity contribution in [2.45, 2.75) is 24.5 Å². The molecular weight excluding hydrogens is 416 g/mol. The molecule has 2 aromatic rings. The topological polar surface area (TPSA) is 134 Å². The van der Waals surface area contributed by atoms with E-state index in [1.165, 1.54) is 7.11 Å². The zero-order chi connectivity index (χ0) is 23.1. The van der Waals surface area contributed by atoms with E-state index in [9.17, 15) is 19.5 Å². The van der Waals surface area contributed by atoms with Crippen molar-refractivity contribution < 1.29 is 34.1 Å². The Balaban J connectivity index is 1.58. The van der Waals surface area contributed by atoms with Crippen molar-refractivity contribution in [2.24, 2.45) is 0 Å². The van der Waals surface area contributed by atoms with Crippen LogP contribution in [-0.4, -0.2) is 67.2 Å². The summed E-state index contributed by atoms with van der Waals surface area (Å²) in [6.07, 6.45) is -2.53. The molecule has 0 radical (unpaired) electrons. The van der Waals surface area contributed by atoms with Gasteiger partial charge < -0.3 is 30.3 Å². The Kier molecular flexibility index (Phi) is 7.80. The number of carbonyl (C=O) groups excluding carboxylic acids is 2. The average Bonchev–Trinajstić information content (AvgIpc) is 3.09. The molecule has 2 aromatic carbocycles. The van der Waals surface area contributed by atoms with Crippen molar-refractivity contribution in [3.63, 3.8) is 0 Å². The van der Waals surface area contributed by atoms with Crippen LogP contribution >= 0.6 is 0 Å². The number of aliphatic hydroxyl groups is 1. The number of hydrogen-bond acceptors (Lipinski definition) is 6. The molecule has 0 aliphatic heterocycles. The van der Waals surface area contributed by atoms with Crippen LogP contribution in [0.1, 0.15) is 23.5 Å². The van der Waals surface area contributed by atoms with Gasteiger partial charge in [-0.15, -0.1) is 0 Å². The van der Waals surface area contributed by atoms with Gasteiger partial charge in [0.2, 0.25) is 5.91 Å². The highest BCUT2D eigenvalue weighted by atomic mass is 16.5. The lowest BCUT2D eigenvalue weighted by Gasteiger charge is -2.20. The highest BCUT2D eigenvalue weighted by Gasteiger charge is 2.30. The van der Waals surface area contributed by atoms with E-state index in [2.05, 4.69) is 10.6 Å². The highest BCUT2D eigenvalue weighted by Crippen LogP contribution is 2.44. The van der Waals surface area contributed by atoms with Gasteiger partial charge in [0.25, 0.3) is 0 Å². The standard InChI is InChI=1S/C23H26N2O7/c1-31-13-20(22(29)24-11-14(26)10-21(27)28)25-23(30)32-12-19-17-8-4-2-6-15(17)16-7-3-5-9-18(16)19/h2-9,14,19-20,26H,10-13H2,1H3,(H,24,29)(H,25,30)(H,27,28). The van der Waals surface area contributed by atoms with Crippen molar-refractivity contribution >= 4 is 18.0 Å². The molecular formula is C23H26N2O7. The van der Waals surface area contributed by atoms with Crippen LogP contribution in [0.25, 0.3) is 11.1 Å². The smallest absolute Gasteiger partial charge is 0.407 e. The number of aliphatic hydroxyl groups excluding tert-OH is 1. The number of alkyl carbamates (subject to hydrolysis) is 1. The van der Waals surface area contributed by atoms with Crippen LogP contribution in [0.5, 0.6) is 0 Å². The van der Waals surface area contributed by atoms with Gasteiger partial charge >= 0.3 is 12.1 Å². The number of methoxy groups -OCH3 is 1. The minimum absolute atomic E-state index is 0.0957. The fraction of sp³-hybridized carbons (Fsp3) is 0.348. The third kappa shape index (κ3) is 5.63. The summed E-state index contributed by atoms with van der Waals surface area (Å²) in [6.45, 7) is -0.290. The Hall–Kier alpha value is -3.43. The van der Waals surface area contributed by atoms with Crippen molar-refractivity contribution in [1.29, 1.82) is 0 Å². The van der Waals surface area contributed by atoms with Gasteiger partial charge in [-0.3, -0.25) is 9.59 Å². The van der Waals surface area contributed by atoms with E-state index in [1.807, 2.05) is 48.5 Å². The molecule has 1 aliphatic rings. The number of rotatable bonds is 10. The number of nitrogens with one attached hydrogen (secondary N) is 2. The third-order valence-corrected chi connectivity index (χ3v) is 5.21. The first kappa shape index (κ1) is 23.2. The molecule has 0 heterocycles. The summed E-state index contributed by atoms with van der Waals surface area (Å²) in [5.41, 5.74) is 4.35. The molecule has 2 unspecified atom stereocenters. The van der Waals surface area contributed by atoms with Crippen LogP contribution < -0.4 is 10.6 Å². The van der Waals surface area contributed by atoms with Crippen LogP contribution in [0, 0.1) is 0 Å². The molecule has 0 saturated heterocycles. The minimum atomic E-state index is -1.24. The predicted molar refractivity (Wildman–Crippen MR) is 115 cm³/mol. The number of carboxylic acids is 1. The zero-order valence-electron chi connectivity index (χ0n) is 17.6. The molecule has 2 amide bonds. The Morgan fingerprint density at radius 2 is 1.62 bits per heavy atom. The molecule has 170 valence electrons. The van der Waals surface area contributed by atoms with E-state index < -0.39 is 36.5 Å². The molecule has 3 rings (SSSR count). The SMILES string of the molecule is COCC(NC(=O)OCC1c2ccccc2-c2ccccc21)C(=O)NCC(O)CC(=O)O. The molecule has 4 N–H and O–H groups in total. The summed E-state index contributed by atoms with van der Waals surface area (Å²) >= 11 is 0. The van der Waals surface area contributed by atoms with Gasteiger partial charge in [0.15, 0.2) is 0 Å². The fourth-order valence-electron chi connectivity index (χ4n) is 3.75. The van der Waals surface area contributed by atoms with E-state index in [0.29, 0.717) is 0 Å². The van der Waals surface area contributed by atoms with Gasteiger partial charge in [-0.05, 0) is 22.3 Å². The zero-order valence-corrected chi connectivity index (χ0v) is 17.6. The predicted octanol–water partition coefficient (Wildman–Crippen LogP) is 1.49. The number of hydrogen-bond donors (Lipinski definition) is 4. The van der Waals surface area contributed by atoms with Gasteiger partial charge in [0.05, 0.1) is 19.1 Å². The molecule has 32 heavy (non-hydrogen) atoms. The molecule has 0 bridgehead atoms. The Morgan fingerprint density at radius 1 is 1.03 bits per heavy atom. The van der Waals surface area contributed by atoms with E-state index in [-0.39, 0.29) is 25.7 Å². The largest absolute Gasteiger partial charge is 0.481 e. The van der Waals surface area contributed by atoms with Crippen molar-refractivity contribution in [3.05, 3.63) is 59.7 Å². The monoisotopic (exact) mass is 442 g/mol. The fourth-order valence-corrected chi connectivity index (χ4v) is 3.75. The second kappa shape index (κ2) is 10.7. The number of ether oxygens (including phenoxy) is 2. The van der Waals surface area contributed by atoms with Gasteiger partial charge in [-0.1, -0.05) is 48.5 Å². The lowest BCUT2D eigenvalue weighted by atomic mass is 9.98. The van der Waals surface area contributed by atoms with Gasteiger partial charge in [-0.25, -0.2) is 4.79 Å². The van der Waals surface area contributed by atoms with Crippen LogP contribution in [0.2, 0.25) is 0 Å². The summed E-state index contributed by atoms with van der Waals surface area (Å²) in [6, 6.07) is 14.8. The quantitative estimate of drug-likeness (QED) is 0.438. The summed E-state index contributed by atoms with van der Waals surface area (Å²) in [4.78, 5) is 35.3. The maximum Gasteiger partial charge on any atom is 0.407 e. The molecule has 0 fully saturated rings. The number of carbonyl (C=O) groups is 3. The van der Waals surface area contributed by atoms with E-state index >= 15 is 0 Å². The van der Waals surface area contributed by atoms with Crippen LogP contribution in [0.3, 0.4) is 0 Å². The number of amides is 2. The normalized spacial score (nSPS) is 14.1. The molecule has 2 atom stereocenters. The molecule has 0 spiro atoms. The van der Waals surface area contributed by atoms with Crippen molar-refractivity contribution in [1.82, 2.24) is 10.6 Å². The van der Waals surface area contributed by atoms with E-state index in [1.54, 1.807) is 0 Å². The average molecular weight is 442 g/mol. The lowest BCUT2D eigenvalue weighted by Crippen LogP contribution is -2.50. The molecule has 9 nitrogen and oxygen atoms in total. The maximum atomic E-state index is 12.4. The maximum absolute atomic E-state index is 12.4. The van der Waals surface area contributed by atoms with Gasteiger partial charge in [-0.2, -0.15) is 0 Å². The first-order chi connectivity index (χ1) is 15.4. The van der Waals surface area contributed by atoms with Gasteiger partial charge in [0.1, 0.15) is 12.6 Å². The van der Waals surface area contributed by atoms with Crippen molar-refractivity contribution in [2.75, 3.05) is 26.9 Å². The van der Waals surface area contributed by atoms with Gasteiger partial charge in [0, 0.05) is 19.6 Å². The second-order valence-corrected chi connectivity index (χ2v) is 7.47. The highest BCUT2D eigenvalue weighted by molar-refractivity contribution is 5.86. The Morgan fingerprint density at radius 3 is 2.19 bits per heavy atom. The van der Waals surface area contributed by atoms with Crippen LogP contribution in [0.15, 0.2) is 48.5 Å². The van der Waals surface area contributed by atoms with Crippen LogP contribution in [0.4, 0.5) is 4.79 Å². The molecule has 0 aromatic heterocycles. The van der Waals surface area contributed by atoms with E-state index in [0.717, 1.165) is 22.3 Å². The molecule has 0 saturated carbocycles. The third-order valence-electron chi connectivity index (χ3n) is 5.21.